The topological polar surface area (TPSA) is 46.2 Å². The van der Waals surface area contributed by atoms with Crippen LogP contribution in [-0.2, 0) is 0 Å². The fourth-order valence-electron chi connectivity index (χ4n) is 0.945. The van der Waals surface area contributed by atoms with Crippen LogP contribution in [0.4, 0.5) is 8.78 Å². The van der Waals surface area contributed by atoms with Crippen molar-refractivity contribution in [2.24, 2.45) is 5.73 Å². The molecular weight excluding hydrogens is 200 g/mol. The van der Waals surface area contributed by atoms with Crippen molar-refractivity contribution in [3.8, 4) is 0 Å². The van der Waals surface area contributed by atoms with Crippen molar-refractivity contribution < 1.29 is 13.9 Å². The first-order valence-electron chi connectivity index (χ1n) is 3.59. The van der Waals surface area contributed by atoms with E-state index in [4.69, 9.17) is 17.3 Å². The van der Waals surface area contributed by atoms with Crippen LogP contribution in [0.3, 0.4) is 0 Å². The Morgan fingerprint density at radius 3 is 2.62 bits per heavy atom. The highest BCUT2D eigenvalue weighted by molar-refractivity contribution is 6.31. The number of halogens is 3. The first-order valence-corrected chi connectivity index (χ1v) is 3.96. The van der Waals surface area contributed by atoms with Crippen molar-refractivity contribution in [3.63, 3.8) is 0 Å². The first kappa shape index (κ1) is 10.4. The Labute approximate surface area is 78.9 Å². The standard InChI is InChI=1S/C8H8ClF2NO/c9-8-5(7(13)3-12)1-4(10)2-6(8)11/h1-2,7,13H,3,12H2. The third kappa shape index (κ3) is 2.15. The molecule has 1 aromatic rings. The van der Waals surface area contributed by atoms with Crippen molar-refractivity contribution in [2.45, 2.75) is 6.10 Å². The lowest BCUT2D eigenvalue weighted by atomic mass is 10.1. The number of hydrogen-bond acceptors (Lipinski definition) is 2. The van der Waals surface area contributed by atoms with Crippen LogP contribution in [0.5, 0.6) is 0 Å². The van der Waals surface area contributed by atoms with Crippen molar-refractivity contribution >= 4 is 11.6 Å². The molecule has 1 atom stereocenters. The first-order chi connectivity index (χ1) is 6.06. The van der Waals surface area contributed by atoms with E-state index in [-0.39, 0.29) is 17.1 Å². The van der Waals surface area contributed by atoms with Crippen LogP contribution < -0.4 is 5.73 Å². The quantitative estimate of drug-likeness (QED) is 0.724. The van der Waals surface area contributed by atoms with E-state index in [1.54, 1.807) is 0 Å². The van der Waals surface area contributed by atoms with Crippen LogP contribution in [0.15, 0.2) is 12.1 Å². The molecule has 2 nitrogen and oxygen atoms in total. The zero-order valence-corrected chi connectivity index (χ0v) is 7.35. The summed E-state index contributed by atoms with van der Waals surface area (Å²) in [6.45, 7) is -0.136. The Balaban J connectivity index is 3.20. The summed E-state index contributed by atoms with van der Waals surface area (Å²) in [7, 11) is 0. The normalized spacial score (nSPS) is 13.0. The van der Waals surface area contributed by atoms with Gasteiger partial charge in [0.05, 0.1) is 11.1 Å². The summed E-state index contributed by atoms with van der Waals surface area (Å²) in [4.78, 5) is 0. The smallest absolute Gasteiger partial charge is 0.145 e. The Bertz CT molecular complexity index is 319. The van der Waals surface area contributed by atoms with E-state index in [9.17, 15) is 13.9 Å². The van der Waals surface area contributed by atoms with E-state index in [0.29, 0.717) is 6.07 Å². The largest absolute Gasteiger partial charge is 0.387 e. The molecule has 0 fully saturated rings. The molecule has 0 aromatic heterocycles. The second kappa shape index (κ2) is 4.00. The highest BCUT2D eigenvalue weighted by atomic mass is 35.5. The van der Waals surface area contributed by atoms with Crippen LogP contribution in [0, 0.1) is 11.6 Å². The van der Waals surface area contributed by atoms with E-state index in [1.165, 1.54) is 0 Å². The zero-order chi connectivity index (χ0) is 10.0. The fourth-order valence-corrected chi connectivity index (χ4v) is 1.18. The molecule has 72 valence electrons. The monoisotopic (exact) mass is 207 g/mol. The highest BCUT2D eigenvalue weighted by Gasteiger charge is 2.14. The molecule has 1 unspecified atom stereocenters. The average Bonchev–Trinajstić information content (AvgIpc) is 2.10. The van der Waals surface area contributed by atoms with E-state index < -0.39 is 17.7 Å². The molecule has 0 radical (unpaired) electrons. The lowest BCUT2D eigenvalue weighted by Gasteiger charge is -2.10. The molecule has 0 aliphatic carbocycles. The van der Waals surface area contributed by atoms with Gasteiger partial charge in [-0.25, -0.2) is 8.78 Å². The van der Waals surface area contributed by atoms with E-state index >= 15 is 0 Å². The number of benzene rings is 1. The van der Waals surface area contributed by atoms with E-state index in [1.807, 2.05) is 0 Å². The maximum Gasteiger partial charge on any atom is 0.145 e. The number of aliphatic hydroxyl groups is 1. The van der Waals surface area contributed by atoms with E-state index in [0.717, 1.165) is 6.07 Å². The summed E-state index contributed by atoms with van der Waals surface area (Å²) in [5, 5.41) is 8.92. The fraction of sp³-hybridized carbons (Fsp3) is 0.250. The van der Waals surface area contributed by atoms with Crippen molar-refractivity contribution in [1.82, 2.24) is 0 Å². The molecule has 1 aromatic carbocycles. The summed E-state index contributed by atoms with van der Waals surface area (Å²) in [6, 6.07) is 1.61. The molecule has 0 bridgehead atoms. The van der Waals surface area contributed by atoms with Gasteiger partial charge >= 0.3 is 0 Å². The molecule has 3 N–H and O–H groups in total. The minimum absolute atomic E-state index is 0.0262. The van der Waals surface area contributed by atoms with Gasteiger partial charge < -0.3 is 10.8 Å². The van der Waals surface area contributed by atoms with Gasteiger partial charge in [0.15, 0.2) is 0 Å². The minimum atomic E-state index is -1.14. The van der Waals surface area contributed by atoms with Crippen LogP contribution in [0.1, 0.15) is 11.7 Å². The summed E-state index contributed by atoms with van der Waals surface area (Å²) < 4.78 is 25.5. The molecule has 0 aliphatic rings. The van der Waals surface area contributed by atoms with Crippen LogP contribution in [-0.4, -0.2) is 11.7 Å². The average molecular weight is 208 g/mol. The van der Waals surface area contributed by atoms with Gasteiger partial charge in [-0.15, -0.1) is 0 Å². The Morgan fingerprint density at radius 2 is 2.08 bits per heavy atom. The lowest BCUT2D eigenvalue weighted by molar-refractivity contribution is 0.186. The molecule has 0 saturated carbocycles. The molecule has 0 amide bonds. The molecule has 0 heterocycles. The summed E-state index contributed by atoms with van der Waals surface area (Å²) in [5.41, 5.74) is 5.09. The van der Waals surface area contributed by atoms with Crippen LogP contribution in [0.25, 0.3) is 0 Å². The van der Waals surface area contributed by atoms with Crippen molar-refractivity contribution in [1.29, 1.82) is 0 Å². The SMILES string of the molecule is NCC(O)c1cc(F)cc(F)c1Cl. The van der Waals surface area contributed by atoms with Crippen LogP contribution in [0.2, 0.25) is 5.02 Å². The zero-order valence-electron chi connectivity index (χ0n) is 6.60. The molecular formula is C8H8ClF2NO. The number of nitrogens with two attached hydrogens (primary N) is 1. The third-order valence-corrected chi connectivity index (χ3v) is 2.00. The van der Waals surface area contributed by atoms with Gasteiger partial charge in [0.2, 0.25) is 0 Å². The molecule has 0 aliphatic heterocycles. The molecule has 0 saturated heterocycles. The van der Waals surface area contributed by atoms with Gasteiger partial charge in [-0.3, -0.25) is 0 Å². The number of rotatable bonds is 2. The lowest BCUT2D eigenvalue weighted by Crippen LogP contribution is -2.12. The predicted molar refractivity (Wildman–Crippen MR) is 45.4 cm³/mol. The van der Waals surface area contributed by atoms with Gasteiger partial charge in [0.25, 0.3) is 0 Å². The number of hydrogen-bond donors (Lipinski definition) is 2. The Kier molecular flexibility index (Phi) is 3.19. The van der Waals surface area contributed by atoms with Crippen molar-refractivity contribution in [2.75, 3.05) is 6.54 Å². The Morgan fingerprint density at radius 1 is 1.46 bits per heavy atom. The summed E-state index contributed by atoms with van der Waals surface area (Å²) >= 11 is 5.48. The third-order valence-electron chi connectivity index (χ3n) is 1.60. The van der Waals surface area contributed by atoms with Gasteiger partial charge in [0.1, 0.15) is 11.6 Å². The second-order valence-electron chi connectivity index (χ2n) is 2.54. The second-order valence-corrected chi connectivity index (χ2v) is 2.92. The Hall–Kier alpha value is -0.710. The van der Waals surface area contributed by atoms with Crippen molar-refractivity contribution in [3.05, 3.63) is 34.4 Å². The number of aliphatic hydroxyl groups excluding tert-OH is 1. The molecule has 13 heavy (non-hydrogen) atoms. The van der Waals surface area contributed by atoms with Crippen LogP contribution >= 0.6 is 11.6 Å². The summed E-state index contributed by atoms with van der Waals surface area (Å²) in [6.07, 6.45) is -1.14. The molecule has 5 heteroatoms. The summed E-state index contributed by atoms with van der Waals surface area (Å²) in [5.74, 6) is -1.69. The van der Waals surface area contributed by atoms with Gasteiger partial charge in [-0.05, 0) is 6.07 Å². The predicted octanol–water partition coefficient (Wildman–Crippen LogP) is 1.61. The highest BCUT2D eigenvalue weighted by Crippen LogP contribution is 2.26. The minimum Gasteiger partial charge on any atom is -0.387 e. The van der Waals surface area contributed by atoms with Gasteiger partial charge in [-0.1, -0.05) is 11.6 Å². The van der Waals surface area contributed by atoms with E-state index in [2.05, 4.69) is 0 Å². The maximum atomic E-state index is 12.8. The maximum absolute atomic E-state index is 12.8. The molecule has 1 rings (SSSR count). The molecule has 0 spiro atoms. The van der Waals surface area contributed by atoms with Gasteiger partial charge in [0, 0.05) is 18.2 Å². The van der Waals surface area contributed by atoms with Gasteiger partial charge in [-0.2, -0.15) is 0 Å².